The van der Waals surface area contributed by atoms with Crippen molar-refractivity contribution in [2.45, 2.75) is 20.0 Å². The van der Waals surface area contributed by atoms with E-state index in [2.05, 4.69) is 35.6 Å². The normalized spacial score (nSPS) is 13.2. The third-order valence-corrected chi connectivity index (χ3v) is 6.76. The highest BCUT2D eigenvalue weighted by molar-refractivity contribution is 6.09. The molecule has 0 saturated heterocycles. The Morgan fingerprint density at radius 2 is 1.84 bits per heavy atom. The van der Waals surface area contributed by atoms with E-state index < -0.39 is 0 Å². The van der Waals surface area contributed by atoms with Gasteiger partial charge in [0.1, 0.15) is 11.4 Å². The van der Waals surface area contributed by atoms with Gasteiger partial charge in [-0.1, -0.05) is 30.3 Å². The molecular formula is C27H26N8O2. The molecule has 2 aromatic carbocycles. The van der Waals surface area contributed by atoms with Gasteiger partial charge in [-0.3, -0.25) is 14.7 Å². The van der Waals surface area contributed by atoms with Crippen molar-refractivity contribution in [2.24, 2.45) is 0 Å². The second-order valence-corrected chi connectivity index (χ2v) is 9.08. The van der Waals surface area contributed by atoms with Crippen LogP contribution in [-0.2, 0) is 13.1 Å². The molecule has 0 spiro atoms. The Hall–Kier alpha value is -4.70. The lowest BCUT2D eigenvalue weighted by Gasteiger charge is -2.30. The highest BCUT2D eigenvalue weighted by Gasteiger charge is 2.28. The van der Waals surface area contributed by atoms with E-state index in [1.165, 1.54) is 0 Å². The Morgan fingerprint density at radius 1 is 0.973 bits per heavy atom. The van der Waals surface area contributed by atoms with Gasteiger partial charge >= 0.3 is 0 Å². The molecule has 1 aliphatic rings. The number of fused-ring (bicyclic) bond motifs is 3. The fourth-order valence-corrected chi connectivity index (χ4v) is 4.97. The van der Waals surface area contributed by atoms with Crippen LogP contribution in [0.5, 0.6) is 0 Å². The van der Waals surface area contributed by atoms with Gasteiger partial charge in [0.15, 0.2) is 5.82 Å². The second-order valence-electron chi connectivity index (χ2n) is 9.08. The molecule has 10 nitrogen and oxygen atoms in total. The van der Waals surface area contributed by atoms with Crippen molar-refractivity contribution in [1.82, 2.24) is 30.3 Å². The third kappa shape index (κ3) is 3.97. The van der Waals surface area contributed by atoms with E-state index in [-0.39, 0.29) is 11.5 Å². The van der Waals surface area contributed by atoms with Crippen molar-refractivity contribution >= 4 is 34.0 Å². The number of benzene rings is 2. The third-order valence-electron chi connectivity index (χ3n) is 6.76. The first kappa shape index (κ1) is 22.7. The molecule has 1 amide bonds. The number of anilines is 3. The summed E-state index contributed by atoms with van der Waals surface area (Å²) >= 11 is 0. The first-order valence-electron chi connectivity index (χ1n) is 12.1. The van der Waals surface area contributed by atoms with Crippen molar-refractivity contribution in [2.75, 3.05) is 23.8 Å². The molecule has 0 atom stereocenters. The van der Waals surface area contributed by atoms with Crippen LogP contribution >= 0.6 is 0 Å². The number of carbonyl (C=O) groups is 1. The van der Waals surface area contributed by atoms with Gasteiger partial charge in [0, 0.05) is 47.9 Å². The molecule has 37 heavy (non-hydrogen) atoms. The molecule has 1 aliphatic heterocycles. The van der Waals surface area contributed by atoms with E-state index in [1.807, 2.05) is 73.5 Å². The minimum atomic E-state index is -0.352. The lowest BCUT2D eigenvalue weighted by molar-refractivity contribution is 0.0966. The molecule has 5 aromatic rings. The smallest absolute Gasteiger partial charge is 0.287 e. The van der Waals surface area contributed by atoms with Crippen LogP contribution in [-0.4, -0.2) is 44.5 Å². The zero-order chi connectivity index (χ0) is 25.5. The minimum Gasteiger partial charge on any atom is -0.335 e. The predicted octanol–water partition coefficient (Wildman–Crippen LogP) is 3.55. The zero-order valence-corrected chi connectivity index (χ0v) is 20.5. The van der Waals surface area contributed by atoms with Crippen LogP contribution in [0, 0.1) is 6.92 Å². The summed E-state index contributed by atoms with van der Waals surface area (Å²) in [7, 11) is 1.85. The highest BCUT2D eigenvalue weighted by Crippen LogP contribution is 2.33. The Labute approximate surface area is 212 Å². The number of para-hydroxylation sites is 1. The first-order valence-corrected chi connectivity index (χ1v) is 12.1. The van der Waals surface area contributed by atoms with Gasteiger partial charge in [0.2, 0.25) is 0 Å². The Bertz CT molecular complexity index is 1700. The van der Waals surface area contributed by atoms with Gasteiger partial charge in [-0.15, -0.1) is 0 Å². The van der Waals surface area contributed by atoms with Gasteiger partial charge < -0.3 is 20.1 Å². The molecule has 4 heterocycles. The number of hydrogen-bond donors (Lipinski definition) is 4. The number of nitrogens with zero attached hydrogens (tertiary/aromatic N) is 4. The molecule has 4 N–H and O–H groups in total. The average Bonchev–Trinajstić information content (AvgIpc) is 3.51. The Balaban J connectivity index is 1.33. The summed E-state index contributed by atoms with van der Waals surface area (Å²) in [6.45, 7) is 3.88. The number of rotatable bonds is 6. The van der Waals surface area contributed by atoms with Gasteiger partial charge in [0.25, 0.3) is 11.5 Å². The molecule has 0 saturated carbocycles. The Kier molecular flexibility index (Phi) is 5.57. The fourth-order valence-electron chi connectivity index (χ4n) is 4.97. The molecule has 0 aliphatic carbocycles. The average molecular weight is 495 g/mol. The largest absolute Gasteiger partial charge is 0.335 e. The van der Waals surface area contributed by atoms with Crippen molar-refractivity contribution in [3.63, 3.8) is 0 Å². The minimum absolute atomic E-state index is 0.0320. The van der Waals surface area contributed by atoms with Crippen molar-refractivity contribution in [3.8, 4) is 11.3 Å². The lowest BCUT2D eigenvalue weighted by atomic mass is 10.0. The summed E-state index contributed by atoms with van der Waals surface area (Å²) in [6.07, 6.45) is 0. The number of amides is 1. The lowest BCUT2D eigenvalue weighted by Crippen LogP contribution is -2.40. The molecule has 0 unspecified atom stereocenters. The van der Waals surface area contributed by atoms with E-state index in [0.29, 0.717) is 42.5 Å². The first-order chi connectivity index (χ1) is 18.0. The topological polar surface area (TPSA) is 124 Å². The standard InChI is InChI=1S/C27H26N8O2/c1-16-19(20-14-21(26(36)33-31-20)29-25-13-18(15-28-2)30-32-25)7-5-9-22(16)35-11-10-34-23-8-4-3-6-17(23)12-24(34)27(35)37/h3-9,12-14,28H,10-11,15H2,1-2H3,(H,33,36)(H2,29,30,31,32). The number of carbonyl (C=O) groups excluding carboxylic acids is 1. The fraction of sp³-hybridized carbons (Fsp3) is 0.185. The molecule has 3 aromatic heterocycles. The molecule has 0 fully saturated rings. The van der Waals surface area contributed by atoms with Crippen molar-refractivity contribution in [3.05, 3.63) is 88.0 Å². The van der Waals surface area contributed by atoms with Gasteiger partial charge in [-0.25, -0.2) is 5.10 Å². The summed E-state index contributed by atoms with van der Waals surface area (Å²) in [5.74, 6) is 0.503. The number of aromatic amines is 2. The Morgan fingerprint density at radius 3 is 2.70 bits per heavy atom. The molecule has 186 valence electrons. The van der Waals surface area contributed by atoms with Crippen LogP contribution in [0.1, 0.15) is 21.7 Å². The van der Waals surface area contributed by atoms with Gasteiger partial charge in [0.05, 0.1) is 11.4 Å². The maximum Gasteiger partial charge on any atom is 0.287 e. The van der Waals surface area contributed by atoms with Crippen molar-refractivity contribution < 1.29 is 4.79 Å². The summed E-state index contributed by atoms with van der Waals surface area (Å²) < 4.78 is 2.09. The molecule has 10 heteroatoms. The van der Waals surface area contributed by atoms with Crippen molar-refractivity contribution in [1.29, 1.82) is 0 Å². The number of nitrogens with one attached hydrogen (secondary N) is 4. The van der Waals surface area contributed by atoms with E-state index in [9.17, 15) is 9.59 Å². The van der Waals surface area contributed by atoms with Crippen LogP contribution in [0.3, 0.4) is 0 Å². The second kappa shape index (κ2) is 9.07. The van der Waals surface area contributed by atoms with Crippen LogP contribution in [0.4, 0.5) is 17.2 Å². The maximum absolute atomic E-state index is 13.6. The van der Waals surface area contributed by atoms with E-state index >= 15 is 0 Å². The van der Waals surface area contributed by atoms with Crippen LogP contribution in [0.15, 0.2) is 65.5 Å². The number of aromatic nitrogens is 5. The quantitative estimate of drug-likeness (QED) is 0.286. The zero-order valence-electron chi connectivity index (χ0n) is 20.5. The summed E-state index contributed by atoms with van der Waals surface area (Å²) in [5, 5.41) is 21.2. The van der Waals surface area contributed by atoms with Crippen LogP contribution < -0.4 is 21.1 Å². The summed E-state index contributed by atoms with van der Waals surface area (Å²) in [5.41, 5.74) is 5.77. The summed E-state index contributed by atoms with van der Waals surface area (Å²) in [6, 6.07) is 19.4. The van der Waals surface area contributed by atoms with E-state index in [0.717, 1.165) is 33.4 Å². The SMILES string of the molecule is CNCc1cc(Nc2cc(-c3cccc(N4CCn5c(cc6ccccc65)C4=O)c3C)n[nH]c2=O)n[nH]1. The molecule has 0 bridgehead atoms. The summed E-state index contributed by atoms with van der Waals surface area (Å²) in [4.78, 5) is 27.9. The predicted molar refractivity (Wildman–Crippen MR) is 143 cm³/mol. The van der Waals surface area contributed by atoms with Crippen LogP contribution in [0.25, 0.3) is 22.2 Å². The maximum atomic E-state index is 13.6. The van der Waals surface area contributed by atoms with Crippen LogP contribution in [0.2, 0.25) is 0 Å². The number of H-pyrrole nitrogens is 2. The van der Waals surface area contributed by atoms with Gasteiger partial charge in [-0.2, -0.15) is 10.2 Å². The van der Waals surface area contributed by atoms with E-state index in [1.54, 1.807) is 6.07 Å². The monoisotopic (exact) mass is 494 g/mol. The molecule has 6 rings (SSSR count). The molecular weight excluding hydrogens is 468 g/mol. The number of hydrogen-bond acceptors (Lipinski definition) is 6. The van der Waals surface area contributed by atoms with E-state index in [4.69, 9.17) is 0 Å². The highest BCUT2D eigenvalue weighted by atomic mass is 16.2. The van der Waals surface area contributed by atoms with Gasteiger partial charge in [-0.05, 0) is 43.8 Å². The molecule has 0 radical (unpaired) electrons.